The first-order chi connectivity index (χ1) is 12.0. The Morgan fingerprint density at radius 3 is 2.88 bits per heavy atom. The van der Waals surface area contributed by atoms with Gasteiger partial charge in [-0.25, -0.2) is 4.98 Å². The van der Waals surface area contributed by atoms with Crippen LogP contribution in [0.2, 0.25) is 0 Å². The number of hydrogen-bond acceptors (Lipinski definition) is 4. The number of aromatic nitrogens is 2. The fraction of sp³-hybridized carbons (Fsp3) is 0.316. The highest BCUT2D eigenvalue weighted by molar-refractivity contribution is 7.20. The number of para-hydroxylation sites is 1. The summed E-state index contributed by atoms with van der Waals surface area (Å²) >= 11 is 1.31. The fourth-order valence-electron chi connectivity index (χ4n) is 3.57. The minimum absolute atomic E-state index is 0.0413. The van der Waals surface area contributed by atoms with Gasteiger partial charge < -0.3 is 4.90 Å². The van der Waals surface area contributed by atoms with E-state index in [0.717, 1.165) is 17.7 Å². The van der Waals surface area contributed by atoms with Gasteiger partial charge in [-0.3, -0.25) is 14.2 Å². The number of hydrogen-bond donors (Lipinski definition) is 0. The molecule has 2 aromatic heterocycles. The van der Waals surface area contributed by atoms with Crippen LogP contribution >= 0.6 is 11.3 Å². The Hall–Kier alpha value is -2.47. The van der Waals surface area contributed by atoms with E-state index in [2.05, 4.69) is 18.0 Å². The van der Waals surface area contributed by atoms with Crippen molar-refractivity contribution >= 4 is 33.1 Å². The number of anilines is 1. The average molecular weight is 353 g/mol. The van der Waals surface area contributed by atoms with Crippen LogP contribution in [-0.4, -0.2) is 21.5 Å². The molecule has 1 aromatic carbocycles. The van der Waals surface area contributed by atoms with Crippen molar-refractivity contribution < 1.29 is 4.79 Å². The Bertz CT molecular complexity index is 1050. The standard InChI is InChI=1S/C19H19N3O2S/c1-4-21-10-20-17-15(18(21)23)12(3)16(25-17)19(24)22-11(2)9-13-7-5-6-8-14(13)22/h5-8,10-11H,4,9H2,1-3H3. The molecule has 1 amide bonds. The van der Waals surface area contributed by atoms with Gasteiger partial charge in [-0.1, -0.05) is 18.2 Å². The average Bonchev–Trinajstić information content (AvgIpc) is 3.11. The normalized spacial score (nSPS) is 16.4. The molecule has 1 atom stereocenters. The Kier molecular flexibility index (Phi) is 3.72. The Morgan fingerprint density at radius 1 is 1.36 bits per heavy atom. The highest BCUT2D eigenvalue weighted by Crippen LogP contribution is 2.36. The lowest BCUT2D eigenvalue weighted by molar-refractivity contribution is 0.0985. The molecule has 6 heteroatoms. The van der Waals surface area contributed by atoms with Crippen molar-refractivity contribution in [1.82, 2.24) is 9.55 Å². The maximum absolute atomic E-state index is 13.3. The van der Waals surface area contributed by atoms with Crippen LogP contribution in [0.3, 0.4) is 0 Å². The van der Waals surface area contributed by atoms with Crippen LogP contribution in [0.1, 0.15) is 34.6 Å². The van der Waals surface area contributed by atoms with Gasteiger partial charge in [-0.05, 0) is 44.4 Å². The minimum Gasteiger partial charge on any atom is -0.304 e. The van der Waals surface area contributed by atoms with Crippen molar-refractivity contribution in [2.45, 2.75) is 39.8 Å². The molecule has 3 heterocycles. The number of thiophene rings is 1. The van der Waals surface area contributed by atoms with Crippen LogP contribution in [0, 0.1) is 6.92 Å². The van der Waals surface area contributed by atoms with Crippen LogP contribution in [0.25, 0.3) is 10.2 Å². The van der Waals surface area contributed by atoms with Crippen LogP contribution in [0.15, 0.2) is 35.4 Å². The SMILES string of the molecule is CCn1cnc2sc(C(=O)N3c4ccccc4CC3C)c(C)c2c1=O. The molecule has 0 saturated carbocycles. The summed E-state index contributed by atoms with van der Waals surface area (Å²) in [5.74, 6) is -0.0413. The van der Waals surface area contributed by atoms with Gasteiger partial charge in [0.25, 0.3) is 11.5 Å². The van der Waals surface area contributed by atoms with Crippen molar-refractivity contribution in [2.24, 2.45) is 0 Å². The predicted octanol–water partition coefficient (Wildman–Crippen LogP) is 3.38. The molecular formula is C19H19N3O2S. The lowest BCUT2D eigenvalue weighted by atomic mass is 10.1. The second-order valence-electron chi connectivity index (χ2n) is 6.43. The maximum Gasteiger partial charge on any atom is 0.268 e. The third kappa shape index (κ3) is 2.32. The van der Waals surface area contributed by atoms with Gasteiger partial charge >= 0.3 is 0 Å². The van der Waals surface area contributed by atoms with E-state index in [1.165, 1.54) is 16.9 Å². The maximum atomic E-state index is 13.3. The molecule has 0 radical (unpaired) electrons. The molecule has 4 rings (SSSR count). The van der Waals surface area contributed by atoms with Crippen LogP contribution in [-0.2, 0) is 13.0 Å². The molecule has 0 fully saturated rings. The smallest absolute Gasteiger partial charge is 0.268 e. The first-order valence-electron chi connectivity index (χ1n) is 8.43. The number of aryl methyl sites for hydroxylation is 2. The molecule has 0 saturated heterocycles. The second kappa shape index (κ2) is 5.81. The van der Waals surface area contributed by atoms with E-state index in [0.29, 0.717) is 21.6 Å². The monoisotopic (exact) mass is 353 g/mol. The van der Waals surface area contributed by atoms with Crippen LogP contribution in [0.5, 0.6) is 0 Å². The highest BCUT2D eigenvalue weighted by Gasteiger charge is 2.33. The molecule has 1 unspecified atom stereocenters. The van der Waals surface area contributed by atoms with Gasteiger partial charge in [0.1, 0.15) is 4.83 Å². The number of fused-ring (bicyclic) bond motifs is 2. The predicted molar refractivity (Wildman–Crippen MR) is 101 cm³/mol. The number of benzene rings is 1. The van der Waals surface area contributed by atoms with Gasteiger partial charge in [0.15, 0.2) is 0 Å². The number of carbonyl (C=O) groups is 1. The van der Waals surface area contributed by atoms with Gasteiger partial charge in [0.2, 0.25) is 0 Å². The number of rotatable bonds is 2. The summed E-state index contributed by atoms with van der Waals surface area (Å²) in [5.41, 5.74) is 2.82. The molecule has 0 bridgehead atoms. The largest absolute Gasteiger partial charge is 0.304 e. The molecular weight excluding hydrogens is 334 g/mol. The Balaban J connectivity index is 1.85. The Labute approximate surface area is 149 Å². The zero-order valence-corrected chi connectivity index (χ0v) is 15.3. The molecule has 0 spiro atoms. The summed E-state index contributed by atoms with van der Waals surface area (Å²) < 4.78 is 1.57. The summed E-state index contributed by atoms with van der Waals surface area (Å²) in [6.07, 6.45) is 2.41. The molecule has 3 aromatic rings. The van der Waals surface area contributed by atoms with E-state index >= 15 is 0 Å². The third-order valence-electron chi connectivity index (χ3n) is 4.88. The first kappa shape index (κ1) is 16.0. The van der Waals surface area contributed by atoms with Crippen molar-refractivity contribution in [3.05, 3.63) is 57.0 Å². The van der Waals surface area contributed by atoms with E-state index in [9.17, 15) is 9.59 Å². The van der Waals surface area contributed by atoms with Gasteiger partial charge in [0.05, 0.1) is 16.6 Å². The van der Waals surface area contributed by atoms with Gasteiger partial charge in [-0.15, -0.1) is 11.3 Å². The van der Waals surface area contributed by atoms with Gasteiger partial charge in [-0.2, -0.15) is 0 Å². The second-order valence-corrected chi connectivity index (χ2v) is 7.43. The molecule has 1 aliphatic heterocycles. The van der Waals surface area contributed by atoms with E-state index in [1.807, 2.05) is 36.9 Å². The summed E-state index contributed by atoms with van der Waals surface area (Å²) in [4.78, 5) is 33.4. The lowest BCUT2D eigenvalue weighted by Crippen LogP contribution is -2.35. The van der Waals surface area contributed by atoms with Crippen molar-refractivity contribution in [3.63, 3.8) is 0 Å². The van der Waals surface area contributed by atoms with E-state index in [-0.39, 0.29) is 17.5 Å². The summed E-state index contributed by atoms with van der Waals surface area (Å²) in [5, 5.41) is 0.567. The summed E-state index contributed by atoms with van der Waals surface area (Å²) in [6.45, 7) is 6.38. The molecule has 0 aliphatic carbocycles. The molecule has 5 nitrogen and oxygen atoms in total. The first-order valence-corrected chi connectivity index (χ1v) is 9.24. The zero-order chi connectivity index (χ0) is 17.7. The van der Waals surface area contributed by atoms with Crippen LogP contribution in [0.4, 0.5) is 5.69 Å². The van der Waals surface area contributed by atoms with E-state index in [1.54, 1.807) is 10.9 Å². The molecule has 1 aliphatic rings. The van der Waals surface area contributed by atoms with E-state index in [4.69, 9.17) is 0 Å². The number of amides is 1. The fourth-order valence-corrected chi connectivity index (χ4v) is 4.65. The van der Waals surface area contributed by atoms with Crippen molar-refractivity contribution in [3.8, 4) is 0 Å². The summed E-state index contributed by atoms with van der Waals surface area (Å²) in [6, 6.07) is 8.12. The number of nitrogens with zero attached hydrogens (tertiary/aromatic N) is 3. The number of carbonyl (C=O) groups excluding carboxylic acids is 1. The highest BCUT2D eigenvalue weighted by atomic mass is 32.1. The molecule has 0 N–H and O–H groups in total. The minimum atomic E-state index is -0.0739. The van der Waals surface area contributed by atoms with Crippen LogP contribution < -0.4 is 10.5 Å². The topological polar surface area (TPSA) is 55.2 Å². The zero-order valence-electron chi connectivity index (χ0n) is 14.4. The van der Waals surface area contributed by atoms with Crippen molar-refractivity contribution in [2.75, 3.05) is 4.90 Å². The third-order valence-corrected chi connectivity index (χ3v) is 6.07. The lowest BCUT2D eigenvalue weighted by Gasteiger charge is -2.22. The molecule has 128 valence electrons. The van der Waals surface area contributed by atoms with E-state index < -0.39 is 0 Å². The molecule has 25 heavy (non-hydrogen) atoms. The quantitative estimate of drug-likeness (QED) is 0.710. The van der Waals surface area contributed by atoms with Gasteiger partial charge in [0, 0.05) is 18.3 Å². The summed E-state index contributed by atoms with van der Waals surface area (Å²) in [7, 11) is 0. The Morgan fingerprint density at radius 2 is 2.12 bits per heavy atom. The van der Waals surface area contributed by atoms with Crippen molar-refractivity contribution in [1.29, 1.82) is 0 Å².